The van der Waals surface area contributed by atoms with E-state index in [4.69, 9.17) is 0 Å². The summed E-state index contributed by atoms with van der Waals surface area (Å²) in [6, 6.07) is 8.66. The second kappa shape index (κ2) is 8.97. The Morgan fingerprint density at radius 1 is 1.03 bits per heavy atom. The fourth-order valence-electron chi connectivity index (χ4n) is 3.79. The lowest BCUT2D eigenvalue weighted by molar-refractivity contribution is -0.384. The smallest absolute Gasteiger partial charge is 0.293 e. The summed E-state index contributed by atoms with van der Waals surface area (Å²) in [6.07, 6.45) is 3.40. The zero-order valence-electron chi connectivity index (χ0n) is 16.9. The van der Waals surface area contributed by atoms with Gasteiger partial charge in [0.1, 0.15) is 5.69 Å². The van der Waals surface area contributed by atoms with Crippen LogP contribution in [0, 0.1) is 21.7 Å². The Morgan fingerprint density at radius 3 is 2.42 bits per heavy atom. The van der Waals surface area contributed by atoms with E-state index in [2.05, 4.69) is 15.5 Å². The van der Waals surface area contributed by atoms with Crippen LogP contribution in [-0.2, 0) is 6.54 Å². The highest BCUT2D eigenvalue weighted by Gasteiger charge is 2.26. The Morgan fingerprint density at radius 2 is 1.77 bits per heavy atom. The van der Waals surface area contributed by atoms with Crippen molar-refractivity contribution in [3.05, 3.63) is 69.3 Å². The molecule has 1 aliphatic carbocycles. The highest BCUT2D eigenvalue weighted by Crippen LogP contribution is 2.29. The van der Waals surface area contributed by atoms with Crippen molar-refractivity contribution in [2.24, 2.45) is 0 Å². The van der Waals surface area contributed by atoms with Crippen molar-refractivity contribution in [2.75, 3.05) is 18.4 Å². The molecule has 1 aliphatic heterocycles. The number of piperidine rings is 1. The first kappa shape index (κ1) is 21.2. The minimum absolute atomic E-state index is 0.0473. The number of benzene rings is 2. The quantitative estimate of drug-likeness (QED) is 0.515. The second-order valence-corrected chi connectivity index (χ2v) is 8.18. The molecule has 2 aromatic carbocycles. The number of nitro benzene ring substituents is 1. The molecule has 9 heteroatoms. The molecule has 0 spiro atoms. The number of nitrogens with one attached hydrogen (secondary N) is 2. The standard InChI is InChI=1S/C22H24F2N4O3/c23-18-5-1-14(11-19(18)24)13-27-9-7-17(8-10-27)25-20-6-2-15(12-21(20)28(30)31)22(29)26-16-3-4-16/h1-2,5-6,11-12,16-17,25H,3-4,7-10,13H2,(H,26,29). The molecule has 1 amide bonds. The van der Waals surface area contributed by atoms with E-state index in [0.29, 0.717) is 17.8 Å². The van der Waals surface area contributed by atoms with Gasteiger partial charge in [-0.25, -0.2) is 8.78 Å². The first-order chi connectivity index (χ1) is 14.9. The zero-order valence-corrected chi connectivity index (χ0v) is 16.9. The van der Waals surface area contributed by atoms with E-state index in [-0.39, 0.29) is 29.2 Å². The molecule has 1 saturated carbocycles. The van der Waals surface area contributed by atoms with E-state index >= 15 is 0 Å². The molecule has 2 fully saturated rings. The van der Waals surface area contributed by atoms with Gasteiger partial charge in [-0.2, -0.15) is 0 Å². The van der Waals surface area contributed by atoms with E-state index in [0.717, 1.165) is 44.8 Å². The SMILES string of the molecule is O=C(NC1CC1)c1ccc(NC2CCN(Cc3ccc(F)c(F)c3)CC2)c([N+](=O)[O-])c1. The molecule has 0 aromatic heterocycles. The molecule has 7 nitrogen and oxygen atoms in total. The number of carbonyl (C=O) groups is 1. The van der Waals surface area contributed by atoms with E-state index in [1.54, 1.807) is 18.2 Å². The molecule has 4 rings (SSSR count). The molecule has 2 aromatic rings. The van der Waals surface area contributed by atoms with Crippen LogP contribution in [0.1, 0.15) is 41.6 Å². The third kappa shape index (κ3) is 5.35. The number of hydrogen-bond donors (Lipinski definition) is 2. The first-order valence-corrected chi connectivity index (χ1v) is 10.4. The van der Waals surface area contributed by atoms with Crippen molar-refractivity contribution in [1.29, 1.82) is 0 Å². The highest BCUT2D eigenvalue weighted by atomic mass is 19.2. The third-order valence-corrected chi connectivity index (χ3v) is 5.71. The Labute approximate surface area is 178 Å². The first-order valence-electron chi connectivity index (χ1n) is 10.4. The van der Waals surface area contributed by atoms with Crippen LogP contribution in [0.5, 0.6) is 0 Å². The van der Waals surface area contributed by atoms with Crippen LogP contribution < -0.4 is 10.6 Å². The zero-order chi connectivity index (χ0) is 22.0. The van der Waals surface area contributed by atoms with Gasteiger partial charge >= 0.3 is 0 Å². The summed E-state index contributed by atoms with van der Waals surface area (Å²) in [4.78, 5) is 25.4. The Bertz CT molecular complexity index is 989. The van der Waals surface area contributed by atoms with Crippen molar-refractivity contribution in [2.45, 2.75) is 44.3 Å². The van der Waals surface area contributed by atoms with Crippen molar-refractivity contribution >= 4 is 17.3 Å². The predicted molar refractivity (Wildman–Crippen MR) is 112 cm³/mol. The average molecular weight is 430 g/mol. The van der Waals surface area contributed by atoms with Crippen LogP contribution in [0.4, 0.5) is 20.2 Å². The van der Waals surface area contributed by atoms with Crippen LogP contribution in [0.25, 0.3) is 0 Å². The van der Waals surface area contributed by atoms with Gasteiger partial charge < -0.3 is 10.6 Å². The molecular weight excluding hydrogens is 406 g/mol. The van der Waals surface area contributed by atoms with Crippen molar-refractivity contribution in [3.8, 4) is 0 Å². The lowest BCUT2D eigenvalue weighted by atomic mass is 10.0. The number of halogens is 2. The molecule has 0 radical (unpaired) electrons. The molecule has 0 bridgehead atoms. The second-order valence-electron chi connectivity index (χ2n) is 8.18. The summed E-state index contributed by atoms with van der Waals surface area (Å²) in [5.41, 5.74) is 1.27. The van der Waals surface area contributed by atoms with Crippen LogP contribution in [0.2, 0.25) is 0 Å². The number of nitro groups is 1. The van der Waals surface area contributed by atoms with Gasteiger partial charge in [0.05, 0.1) is 4.92 Å². The van der Waals surface area contributed by atoms with E-state index < -0.39 is 16.6 Å². The fourth-order valence-corrected chi connectivity index (χ4v) is 3.79. The minimum atomic E-state index is -0.857. The van der Waals surface area contributed by atoms with Gasteiger partial charge in [0.15, 0.2) is 11.6 Å². The lowest BCUT2D eigenvalue weighted by Gasteiger charge is -2.32. The molecule has 164 valence electrons. The Kier molecular flexibility index (Phi) is 6.13. The number of likely N-dealkylation sites (tertiary alicyclic amines) is 1. The summed E-state index contributed by atoms with van der Waals surface area (Å²) in [5, 5.41) is 17.6. The van der Waals surface area contributed by atoms with Crippen molar-refractivity contribution < 1.29 is 18.5 Å². The van der Waals surface area contributed by atoms with Crippen LogP contribution in [0.15, 0.2) is 36.4 Å². The number of carbonyl (C=O) groups excluding carboxylic acids is 1. The number of nitrogens with zero attached hydrogens (tertiary/aromatic N) is 2. The summed E-state index contributed by atoms with van der Waals surface area (Å²) < 4.78 is 26.5. The van der Waals surface area contributed by atoms with Gasteiger partial charge in [-0.1, -0.05) is 6.07 Å². The van der Waals surface area contributed by atoms with Crippen LogP contribution in [-0.4, -0.2) is 40.9 Å². The number of anilines is 1. The van der Waals surface area contributed by atoms with Crippen molar-refractivity contribution in [3.63, 3.8) is 0 Å². The summed E-state index contributed by atoms with van der Waals surface area (Å²) in [7, 11) is 0. The molecular formula is C22H24F2N4O3. The predicted octanol–water partition coefficient (Wildman–Crippen LogP) is 3.84. The summed E-state index contributed by atoms with van der Waals surface area (Å²) in [5.74, 6) is -2.00. The van der Waals surface area contributed by atoms with Gasteiger partial charge in [0.2, 0.25) is 0 Å². The Balaban J connectivity index is 1.35. The van der Waals surface area contributed by atoms with Gasteiger partial charge in [0, 0.05) is 43.3 Å². The summed E-state index contributed by atoms with van der Waals surface area (Å²) >= 11 is 0. The number of hydrogen-bond acceptors (Lipinski definition) is 5. The van der Waals surface area contributed by atoms with Crippen LogP contribution >= 0.6 is 0 Å². The molecule has 1 saturated heterocycles. The number of rotatable bonds is 7. The maximum Gasteiger partial charge on any atom is 0.293 e. The van der Waals surface area contributed by atoms with Crippen LogP contribution in [0.3, 0.4) is 0 Å². The van der Waals surface area contributed by atoms with Crippen molar-refractivity contribution in [1.82, 2.24) is 10.2 Å². The average Bonchev–Trinajstić information content (AvgIpc) is 3.56. The van der Waals surface area contributed by atoms with E-state index in [1.165, 1.54) is 12.1 Å². The molecule has 0 unspecified atom stereocenters. The summed E-state index contributed by atoms with van der Waals surface area (Å²) in [6.45, 7) is 1.98. The maximum atomic E-state index is 13.4. The van der Waals surface area contributed by atoms with Gasteiger partial charge in [-0.05, 0) is 55.5 Å². The lowest BCUT2D eigenvalue weighted by Crippen LogP contribution is -2.38. The fraction of sp³-hybridized carbons (Fsp3) is 0.409. The van der Waals surface area contributed by atoms with Gasteiger partial charge in [0.25, 0.3) is 11.6 Å². The van der Waals surface area contributed by atoms with Gasteiger partial charge in [-0.3, -0.25) is 19.8 Å². The largest absolute Gasteiger partial charge is 0.377 e. The molecule has 2 N–H and O–H groups in total. The molecule has 31 heavy (non-hydrogen) atoms. The topological polar surface area (TPSA) is 87.5 Å². The van der Waals surface area contributed by atoms with E-state index in [9.17, 15) is 23.7 Å². The minimum Gasteiger partial charge on any atom is -0.377 e. The Hall–Kier alpha value is -3.07. The third-order valence-electron chi connectivity index (χ3n) is 5.71. The normalized spacial score (nSPS) is 17.4. The molecule has 1 heterocycles. The molecule has 2 aliphatic rings. The maximum absolute atomic E-state index is 13.4. The highest BCUT2D eigenvalue weighted by molar-refractivity contribution is 5.96. The van der Waals surface area contributed by atoms with E-state index in [1.807, 2.05) is 0 Å². The van der Waals surface area contributed by atoms with Gasteiger partial charge in [-0.15, -0.1) is 0 Å². The molecule has 0 atom stereocenters. The number of amides is 1. The monoisotopic (exact) mass is 430 g/mol.